The number of aryl methyl sites for hydroxylation is 1. The van der Waals surface area contributed by atoms with Crippen LogP contribution in [0.4, 0.5) is 4.39 Å². The molecule has 15 heavy (non-hydrogen) atoms. The van der Waals surface area contributed by atoms with Gasteiger partial charge in [-0.2, -0.15) is 0 Å². The monoisotopic (exact) mass is 230 g/mol. The van der Waals surface area contributed by atoms with Crippen LogP contribution in [0, 0.1) is 12.7 Å². The molecule has 4 heteroatoms. The lowest BCUT2D eigenvalue weighted by molar-refractivity contribution is -0.142. The van der Waals surface area contributed by atoms with E-state index in [9.17, 15) is 9.18 Å². The van der Waals surface area contributed by atoms with Gasteiger partial charge in [0.05, 0.1) is 13.0 Å². The molecule has 0 N–H and O–H groups in total. The van der Waals surface area contributed by atoms with E-state index >= 15 is 0 Å². The third-order valence-corrected chi connectivity index (χ3v) is 2.32. The van der Waals surface area contributed by atoms with Crippen molar-refractivity contribution in [2.75, 3.05) is 6.61 Å². The maximum Gasteiger partial charge on any atom is 0.310 e. The van der Waals surface area contributed by atoms with Crippen LogP contribution in [0.2, 0.25) is 5.02 Å². The zero-order valence-electron chi connectivity index (χ0n) is 8.64. The van der Waals surface area contributed by atoms with E-state index in [1.54, 1.807) is 19.9 Å². The van der Waals surface area contributed by atoms with E-state index in [0.29, 0.717) is 17.7 Å². The molecule has 0 saturated carbocycles. The summed E-state index contributed by atoms with van der Waals surface area (Å²) < 4.78 is 17.8. The topological polar surface area (TPSA) is 26.3 Å². The molecule has 82 valence electrons. The van der Waals surface area contributed by atoms with Crippen molar-refractivity contribution in [2.45, 2.75) is 20.3 Å². The molecule has 1 aromatic rings. The minimum absolute atomic E-state index is 0.0772. The third kappa shape index (κ3) is 3.20. The summed E-state index contributed by atoms with van der Waals surface area (Å²) >= 11 is 5.80. The van der Waals surface area contributed by atoms with Crippen LogP contribution in [0.3, 0.4) is 0 Å². The van der Waals surface area contributed by atoms with Gasteiger partial charge in [0, 0.05) is 5.02 Å². The molecule has 0 aliphatic heterocycles. The summed E-state index contributed by atoms with van der Waals surface area (Å²) in [6, 6.07) is 2.78. The summed E-state index contributed by atoms with van der Waals surface area (Å²) in [5, 5.41) is 0.256. The summed E-state index contributed by atoms with van der Waals surface area (Å²) in [7, 11) is 0. The third-order valence-electron chi connectivity index (χ3n) is 1.97. The zero-order chi connectivity index (χ0) is 11.4. The van der Waals surface area contributed by atoms with Crippen LogP contribution in [0.25, 0.3) is 0 Å². The lowest BCUT2D eigenvalue weighted by Gasteiger charge is -2.06. The Balaban J connectivity index is 2.86. The van der Waals surface area contributed by atoms with Gasteiger partial charge in [-0.15, -0.1) is 0 Å². The second-order valence-electron chi connectivity index (χ2n) is 3.17. The lowest BCUT2D eigenvalue weighted by Crippen LogP contribution is -2.08. The van der Waals surface area contributed by atoms with Gasteiger partial charge in [0.1, 0.15) is 5.82 Å². The van der Waals surface area contributed by atoms with E-state index in [4.69, 9.17) is 16.3 Å². The molecular weight excluding hydrogens is 219 g/mol. The Kier molecular flexibility index (Phi) is 4.09. The normalized spacial score (nSPS) is 10.1. The molecule has 0 aliphatic carbocycles. The number of carbonyl (C=O) groups excluding carboxylic acids is 1. The molecule has 0 spiro atoms. The van der Waals surface area contributed by atoms with Gasteiger partial charge in [-0.05, 0) is 31.0 Å². The SMILES string of the molecule is CCOC(=O)Cc1cc(C)c(F)cc1Cl. The average molecular weight is 231 g/mol. The minimum atomic E-state index is -0.368. The minimum Gasteiger partial charge on any atom is -0.466 e. The zero-order valence-corrected chi connectivity index (χ0v) is 9.40. The Morgan fingerprint density at radius 3 is 2.80 bits per heavy atom. The Bertz CT molecular complexity index is 377. The Labute approximate surface area is 93.0 Å². The van der Waals surface area contributed by atoms with Gasteiger partial charge in [0.25, 0.3) is 0 Å². The summed E-state index contributed by atoms with van der Waals surface area (Å²) in [6.07, 6.45) is 0.0772. The highest BCUT2D eigenvalue weighted by Gasteiger charge is 2.10. The fourth-order valence-corrected chi connectivity index (χ4v) is 1.44. The highest BCUT2D eigenvalue weighted by Crippen LogP contribution is 2.21. The van der Waals surface area contributed by atoms with Gasteiger partial charge in [-0.3, -0.25) is 4.79 Å². The first kappa shape index (κ1) is 12.0. The summed E-state index contributed by atoms with van der Waals surface area (Å²) in [6.45, 7) is 3.69. The van der Waals surface area contributed by atoms with E-state index < -0.39 is 0 Å². The van der Waals surface area contributed by atoms with E-state index in [1.807, 2.05) is 0 Å². The molecule has 0 bridgehead atoms. The number of ether oxygens (including phenoxy) is 1. The smallest absolute Gasteiger partial charge is 0.310 e. The molecular formula is C11H12ClFO2. The van der Waals surface area contributed by atoms with Crippen LogP contribution >= 0.6 is 11.6 Å². The van der Waals surface area contributed by atoms with Crippen LogP contribution in [-0.2, 0) is 16.0 Å². The van der Waals surface area contributed by atoms with E-state index in [2.05, 4.69) is 0 Å². The van der Waals surface area contributed by atoms with E-state index in [1.165, 1.54) is 6.07 Å². The van der Waals surface area contributed by atoms with Crippen molar-refractivity contribution < 1.29 is 13.9 Å². The maximum absolute atomic E-state index is 13.0. The molecule has 0 heterocycles. The predicted molar refractivity (Wildman–Crippen MR) is 56.5 cm³/mol. The van der Waals surface area contributed by atoms with Gasteiger partial charge >= 0.3 is 5.97 Å². The first-order chi connectivity index (χ1) is 7.04. The van der Waals surface area contributed by atoms with Crippen molar-refractivity contribution >= 4 is 17.6 Å². The van der Waals surface area contributed by atoms with Crippen molar-refractivity contribution in [3.8, 4) is 0 Å². The van der Waals surface area contributed by atoms with Gasteiger partial charge in [-0.25, -0.2) is 4.39 Å². The highest BCUT2D eigenvalue weighted by atomic mass is 35.5. The summed E-state index contributed by atoms with van der Waals surface area (Å²) in [4.78, 5) is 11.2. The van der Waals surface area contributed by atoms with Crippen LogP contribution < -0.4 is 0 Å². The number of carbonyl (C=O) groups is 1. The molecule has 0 fully saturated rings. The first-order valence-electron chi connectivity index (χ1n) is 4.64. The molecule has 1 aromatic carbocycles. The maximum atomic E-state index is 13.0. The standard InChI is InChI=1S/C11H12ClFO2/c1-3-15-11(14)5-8-4-7(2)10(13)6-9(8)12/h4,6H,3,5H2,1-2H3. The van der Waals surface area contributed by atoms with Crippen LogP contribution in [0.1, 0.15) is 18.1 Å². The van der Waals surface area contributed by atoms with Gasteiger partial charge < -0.3 is 4.74 Å². The molecule has 0 amide bonds. The fraction of sp³-hybridized carbons (Fsp3) is 0.364. The quantitative estimate of drug-likeness (QED) is 0.747. The van der Waals surface area contributed by atoms with Crippen LogP contribution in [-0.4, -0.2) is 12.6 Å². The Hall–Kier alpha value is -1.09. The van der Waals surface area contributed by atoms with Gasteiger partial charge in [-0.1, -0.05) is 17.7 Å². The second kappa shape index (κ2) is 5.12. The Morgan fingerprint density at radius 1 is 1.53 bits per heavy atom. The van der Waals surface area contributed by atoms with Crippen molar-refractivity contribution in [3.63, 3.8) is 0 Å². The fourth-order valence-electron chi connectivity index (χ4n) is 1.22. The molecule has 0 saturated heterocycles. The number of benzene rings is 1. The number of hydrogen-bond acceptors (Lipinski definition) is 2. The molecule has 1 rings (SSSR count). The Morgan fingerprint density at radius 2 is 2.20 bits per heavy atom. The number of halogens is 2. The molecule has 2 nitrogen and oxygen atoms in total. The highest BCUT2D eigenvalue weighted by molar-refractivity contribution is 6.31. The predicted octanol–water partition coefficient (Wildman–Crippen LogP) is 2.89. The van der Waals surface area contributed by atoms with E-state index in [0.717, 1.165) is 0 Å². The number of esters is 1. The van der Waals surface area contributed by atoms with Crippen molar-refractivity contribution in [2.24, 2.45) is 0 Å². The largest absolute Gasteiger partial charge is 0.466 e. The summed E-state index contributed by atoms with van der Waals surface area (Å²) in [5.74, 6) is -0.724. The van der Waals surface area contributed by atoms with Crippen LogP contribution in [0.5, 0.6) is 0 Å². The first-order valence-corrected chi connectivity index (χ1v) is 5.02. The van der Waals surface area contributed by atoms with Crippen molar-refractivity contribution in [1.29, 1.82) is 0 Å². The summed E-state index contributed by atoms with van der Waals surface area (Å²) in [5.41, 5.74) is 1.06. The van der Waals surface area contributed by atoms with Gasteiger partial charge in [0.2, 0.25) is 0 Å². The lowest BCUT2D eigenvalue weighted by atomic mass is 10.1. The number of rotatable bonds is 3. The van der Waals surface area contributed by atoms with Crippen LogP contribution in [0.15, 0.2) is 12.1 Å². The van der Waals surface area contributed by atoms with Crippen molar-refractivity contribution in [1.82, 2.24) is 0 Å². The molecule has 0 radical (unpaired) electrons. The molecule has 0 unspecified atom stereocenters. The van der Waals surface area contributed by atoms with Gasteiger partial charge in [0.15, 0.2) is 0 Å². The molecule has 0 aromatic heterocycles. The number of hydrogen-bond donors (Lipinski definition) is 0. The molecule has 0 atom stereocenters. The van der Waals surface area contributed by atoms with Crippen molar-refractivity contribution in [3.05, 3.63) is 34.1 Å². The van der Waals surface area contributed by atoms with E-state index in [-0.39, 0.29) is 23.2 Å². The molecule has 0 aliphatic rings. The second-order valence-corrected chi connectivity index (χ2v) is 3.58. The average Bonchev–Trinajstić information content (AvgIpc) is 2.14.